The summed E-state index contributed by atoms with van der Waals surface area (Å²) >= 11 is 4.80. The van der Waals surface area contributed by atoms with Crippen LogP contribution >= 0.6 is 27.3 Å². The average molecular weight is 367 g/mol. The second kappa shape index (κ2) is 5.04. The summed E-state index contributed by atoms with van der Waals surface area (Å²) in [5, 5.41) is 23.6. The number of ether oxygens (including phenoxy) is 1. The Hall–Kier alpha value is -1.51. The molecule has 0 saturated carbocycles. The van der Waals surface area contributed by atoms with Gasteiger partial charge in [0.15, 0.2) is 10.8 Å². The third-order valence-corrected chi connectivity index (χ3v) is 4.85. The first-order valence-corrected chi connectivity index (χ1v) is 8.16. The maximum absolute atomic E-state index is 10.0. The Balaban J connectivity index is 1.82. The minimum Gasteiger partial charge on any atom is -0.507 e. The molecular formula is C13H11BrN4O2S. The summed E-state index contributed by atoms with van der Waals surface area (Å²) in [5.41, 5.74) is 0.679. The Morgan fingerprint density at radius 3 is 3.10 bits per heavy atom. The van der Waals surface area contributed by atoms with E-state index < -0.39 is 0 Å². The molecule has 3 aromatic rings. The van der Waals surface area contributed by atoms with Gasteiger partial charge in [-0.15, -0.1) is 10.2 Å². The SMILES string of the molecule is Oc1ccc(Br)cc1-c1nn2c(C3CCCO3)nnc2s1. The summed E-state index contributed by atoms with van der Waals surface area (Å²) in [6, 6.07) is 5.27. The van der Waals surface area contributed by atoms with Crippen LogP contribution in [0.5, 0.6) is 5.75 Å². The molecule has 1 unspecified atom stereocenters. The topological polar surface area (TPSA) is 72.5 Å². The molecule has 6 nitrogen and oxygen atoms in total. The molecule has 8 heteroatoms. The van der Waals surface area contributed by atoms with E-state index in [9.17, 15) is 5.11 Å². The van der Waals surface area contributed by atoms with Crippen molar-refractivity contribution >= 4 is 32.2 Å². The predicted octanol–water partition coefficient (Wildman–Crippen LogP) is 3.17. The number of aromatic hydroxyl groups is 1. The third-order valence-electron chi connectivity index (χ3n) is 3.42. The van der Waals surface area contributed by atoms with E-state index in [4.69, 9.17) is 4.74 Å². The predicted molar refractivity (Wildman–Crippen MR) is 81.4 cm³/mol. The van der Waals surface area contributed by atoms with Crippen molar-refractivity contribution in [3.63, 3.8) is 0 Å². The molecule has 0 aliphatic carbocycles. The highest BCUT2D eigenvalue weighted by molar-refractivity contribution is 9.10. The van der Waals surface area contributed by atoms with E-state index in [2.05, 4.69) is 31.2 Å². The normalized spacial score (nSPS) is 18.6. The molecule has 1 N–H and O–H groups in total. The summed E-state index contributed by atoms with van der Waals surface area (Å²) in [5.74, 6) is 0.932. The first-order chi connectivity index (χ1) is 10.2. The van der Waals surface area contributed by atoms with Gasteiger partial charge in [0, 0.05) is 11.1 Å². The van der Waals surface area contributed by atoms with Gasteiger partial charge in [-0.1, -0.05) is 27.3 Å². The van der Waals surface area contributed by atoms with Crippen molar-refractivity contribution in [1.82, 2.24) is 19.8 Å². The zero-order valence-corrected chi connectivity index (χ0v) is 13.3. The molecule has 1 atom stereocenters. The molecule has 1 fully saturated rings. The van der Waals surface area contributed by atoms with Crippen molar-refractivity contribution in [3.8, 4) is 16.3 Å². The van der Waals surface area contributed by atoms with Gasteiger partial charge in [0.1, 0.15) is 11.9 Å². The number of benzene rings is 1. The highest BCUT2D eigenvalue weighted by Crippen LogP contribution is 2.35. The molecular weight excluding hydrogens is 356 g/mol. The van der Waals surface area contributed by atoms with Crippen LogP contribution in [0.3, 0.4) is 0 Å². The monoisotopic (exact) mass is 366 g/mol. The lowest BCUT2D eigenvalue weighted by atomic mass is 10.2. The molecule has 4 rings (SSSR count). The number of aromatic nitrogens is 4. The Labute approximate surface area is 132 Å². The highest BCUT2D eigenvalue weighted by Gasteiger charge is 2.25. The lowest BCUT2D eigenvalue weighted by Gasteiger charge is -2.04. The Morgan fingerprint density at radius 1 is 1.38 bits per heavy atom. The Morgan fingerprint density at radius 2 is 2.29 bits per heavy atom. The molecule has 0 spiro atoms. The van der Waals surface area contributed by atoms with Crippen LogP contribution in [0.25, 0.3) is 15.5 Å². The van der Waals surface area contributed by atoms with Gasteiger partial charge < -0.3 is 9.84 Å². The minimum atomic E-state index is -0.0361. The van der Waals surface area contributed by atoms with E-state index in [1.165, 1.54) is 11.3 Å². The van der Waals surface area contributed by atoms with Crippen molar-refractivity contribution in [2.75, 3.05) is 6.61 Å². The molecule has 1 aliphatic heterocycles. The third kappa shape index (κ3) is 2.23. The summed E-state index contributed by atoms with van der Waals surface area (Å²) < 4.78 is 8.26. The number of phenolic OH excluding ortho intramolecular Hbond substituents is 1. The van der Waals surface area contributed by atoms with Crippen LogP contribution in [0.2, 0.25) is 0 Å². The molecule has 0 radical (unpaired) electrons. The fourth-order valence-corrected chi connectivity index (χ4v) is 3.63. The molecule has 0 bridgehead atoms. The van der Waals surface area contributed by atoms with Crippen molar-refractivity contribution in [3.05, 3.63) is 28.5 Å². The summed E-state index contributed by atoms with van der Waals surface area (Å²) in [6.45, 7) is 0.753. The lowest BCUT2D eigenvalue weighted by molar-refractivity contribution is 0.103. The number of phenols is 1. The first-order valence-electron chi connectivity index (χ1n) is 6.55. The maximum Gasteiger partial charge on any atom is 0.235 e. The van der Waals surface area contributed by atoms with E-state index in [0.29, 0.717) is 15.5 Å². The Kier molecular flexibility index (Phi) is 3.16. The summed E-state index contributed by atoms with van der Waals surface area (Å²) in [7, 11) is 0. The van der Waals surface area contributed by atoms with Crippen LogP contribution in [0.15, 0.2) is 22.7 Å². The van der Waals surface area contributed by atoms with Crippen molar-refractivity contribution < 1.29 is 9.84 Å². The minimum absolute atomic E-state index is 0.0361. The van der Waals surface area contributed by atoms with Gasteiger partial charge in [-0.05, 0) is 31.0 Å². The quantitative estimate of drug-likeness (QED) is 0.753. The van der Waals surface area contributed by atoms with Gasteiger partial charge in [-0.25, -0.2) is 0 Å². The van der Waals surface area contributed by atoms with Gasteiger partial charge in [0.05, 0.1) is 5.56 Å². The van der Waals surface area contributed by atoms with Crippen LogP contribution in [0.4, 0.5) is 0 Å². The summed E-state index contributed by atoms with van der Waals surface area (Å²) in [6.07, 6.45) is 1.93. The second-order valence-corrected chi connectivity index (χ2v) is 6.69. The Bertz CT molecular complexity index is 810. The van der Waals surface area contributed by atoms with E-state index in [1.807, 2.05) is 6.07 Å². The molecule has 1 aromatic carbocycles. The van der Waals surface area contributed by atoms with E-state index in [-0.39, 0.29) is 11.9 Å². The summed E-state index contributed by atoms with van der Waals surface area (Å²) in [4.78, 5) is 0.704. The number of halogens is 1. The van der Waals surface area contributed by atoms with Gasteiger partial charge >= 0.3 is 0 Å². The zero-order chi connectivity index (χ0) is 14.4. The number of nitrogens with zero attached hydrogens (tertiary/aromatic N) is 4. The lowest BCUT2D eigenvalue weighted by Crippen LogP contribution is -2.03. The van der Waals surface area contributed by atoms with Gasteiger partial charge in [-0.2, -0.15) is 9.61 Å². The first kappa shape index (κ1) is 13.2. The zero-order valence-electron chi connectivity index (χ0n) is 10.9. The highest BCUT2D eigenvalue weighted by atomic mass is 79.9. The van der Waals surface area contributed by atoms with Crippen LogP contribution < -0.4 is 0 Å². The molecule has 1 aliphatic rings. The van der Waals surface area contributed by atoms with Crippen LogP contribution in [0, 0.1) is 0 Å². The number of hydrogen-bond donors (Lipinski definition) is 1. The largest absolute Gasteiger partial charge is 0.507 e. The molecule has 108 valence electrons. The number of hydrogen-bond acceptors (Lipinski definition) is 6. The number of fused-ring (bicyclic) bond motifs is 1. The van der Waals surface area contributed by atoms with E-state index in [1.54, 1.807) is 16.6 Å². The average Bonchev–Trinajstić information content (AvgIpc) is 3.15. The fourth-order valence-electron chi connectivity index (χ4n) is 2.40. The van der Waals surface area contributed by atoms with E-state index >= 15 is 0 Å². The van der Waals surface area contributed by atoms with Crippen LogP contribution in [0.1, 0.15) is 24.8 Å². The van der Waals surface area contributed by atoms with Gasteiger partial charge in [0.2, 0.25) is 4.96 Å². The second-order valence-electron chi connectivity index (χ2n) is 4.82. The van der Waals surface area contributed by atoms with Gasteiger partial charge in [0.25, 0.3) is 0 Å². The van der Waals surface area contributed by atoms with Crippen molar-refractivity contribution in [2.24, 2.45) is 0 Å². The molecule has 0 amide bonds. The molecule has 2 aromatic heterocycles. The number of rotatable bonds is 2. The smallest absolute Gasteiger partial charge is 0.235 e. The molecule has 21 heavy (non-hydrogen) atoms. The fraction of sp³-hybridized carbons (Fsp3) is 0.308. The standard InChI is InChI=1S/C13H11BrN4O2S/c14-7-3-4-9(19)8(6-7)12-17-18-11(10-2-1-5-20-10)15-16-13(18)21-12/h3-4,6,10,19H,1-2,5H2. The van der Waals surface area contributed by atoms with Crippen LogP contribution in [-0.4, -0.2) is 31.5 Å². The maximum atomic E-state index is 10.0. The van der Waals surface area contributed by atoms with Crippen molar-refractivity contribution in [2.45, 2.75) is 18.9 Å². The molecule has 1 saturated heterocycles. The van der Waals surface area contributed by atoms with E-state index in [0.717, 1.165) is 29.7 Å². The molecule has 3 heterocycles. The van der Waals surface area contributed by atoms with Crippen LogP contribution in [-0.2, 0) is 4.74 Å². The van der Waals surface area contributed by atoms with Crippen molar-refractivity contribution in [1.29, 1.82) is 0 Å². The van der Waals surface area contributed by atoms with Gasteiger partial charge in [-0.3, -0.25) is 0 Å².